The van der Waals surface area contributed by atoms with Crippen LogP contribution in [0.15, 0.2) is 16.9 Å². The van der Waals surface area contributed by atoms with Crippen LogP contribution in [0.3, 0.4) is 0 Å². The van der Waals surface area contributed by atoms with Crippen molar-refractivity contribution >= 4 is 10.9 Å². The maximum Gasteiger partial charge on any atom is 0.271 e. The Morgan fingerprint density at radius 1 is 1.38 bits per heavy atom. The molecule has 0 spiro atoms. The van der Waals surface area contributed by atoms with E-state index in [0.717, 1.165) is 0 Å². The van der Waals surface area contributed by atoms with Crippen molar-refractivity contribution in [3.8, 4) is 11.5 Å². The van der Waals surface area contributed by atoms with Gasteiger partial charge in [-0.15, -0.1) is 0 Å². The van der Waals surface area contributed by atoms with E-state index in [1.165, 1.54) is 13.2 Å². The van der Waals surface area contributed by atoms with Gasteiger partial charge in [0.2, 0.25) is 0 Å². The summed E-state index contributed by atoms with van der Waals surface area (Å²) in [7, 11) is 1.45. The summed E-state index contributed by atoms with van der Waals surface area (Å²) in [5.41, 5.74) is 0.354. The number of fused-ring (bicyclic) bond motifs is 1. The quantitative estimate of drug-likeness (QED) is 0.600. The van der Waals surface area contributed by atoms with E-state index >= 15 is 0 Å². The molecule has 2 aromatic rings. The lowest BCUT2D eigenvalue weighted by Crippen LogP contribution is -1.97. The van der Waals surface area contributed by atoms with Gasteiger partial charge in [-0.3, -0.25) is 15.0 Å². The molecule has 13 heavy (non-hydrogen) atoms. The average Bonchev–Trinajstić information content (AvgIpc) is 2.47. The largest absolute Gasteiger partial charge is 0.504 e. The van der Waals surface area contributed by atoms with Crippen molar-refractivity contribution in [1.82, 2.24) is 10.2 Å². The Balaban J connectivity index is 2.83. The van der Waals surface area contributed by atoms with E-state index in [9.17, 15) is 9.90 Å². The molecule has 5 nitrogen and oxygen atoms in total. The molecule has 2 rings (SSSR count). The van der Waals surface area contributed by atoms with E-state index in [0.29, 0.717) is 16.7 Å². The maximum absolute atomic E-state index is 11.1. The van der Waals surface area contributed by atoms with Crippen LogP contribution in [-0.4, -0.2) is 22.4 Å². The number of benzene rings is 1. The second-order valence-electron chi connectivity index (χ2n) is 2.65. The van der Waals surface area contributed by atoms with Crippen LogP contribution in [0.5, 0.6) is 11.5 Å². The minimum absolute atomic E-state index is 0.0416. The molecule has 1 aromatic heterocycles. The third kappa shape index (κ3) is 1.05. The molecule has 1 heterocycles. The zero-order valence-electron chi connectivity index (χ0n) is 6.92. The zero-order chi connectivity index (χ0) is 9.42. The van der Waals surface area contributed by atoms with Gasteiger partial charge in [-0.05, 0) is 6.07 Å². The lowest BCUT2D eigenvalue weighted by Gasteiger charge is -2.01. The summed E-state index contributed by atoms with van der Waals surface area (Å²) in [6, 6.07) is 2.92. The Morgan fingerprint density at radius 2 is 2.15 bits per heavy atom. The number of aromatic nitrogens is 2. The van der Waals surface area contributed by atoms with Crippen molar-refractivity contribution in [2.75, 3.05) is 7.11 Å². The van der Waals surface area contributed by atoms with Crippen LogP contribution in [0.1, 0.15) is 0 Å². The first-order chi connectivity index (χ1) is 6.22. The Labute approximate surface area is 72.9 Å². The molecule has 0 saturated heterocycles. The number of H-pyrrole nitrogens is 2. The van der Waals surface area contributed by atoms with Gasteiger partial charge in [0.1, 0.15) is 0 Å². The molecule has 0 fully saturated rings. The molecule has 0 bridgehead atoms. The second kappa shape index (κ2) is 2.55. The number of aromatic amines is 2. The van der Waals surface area contributed by atoms with E-state index in [-0.39, 0.29) is 11.3 Å². The number of phenols is 1. The van der Waals surface area contributed by atoms with Crippen molar-refractivity contribution in [3.63, 3.8) is 0 Å². The number of hydrogen-bond acceptors (Lipinski definition) is 3. The van der Waals surface area contributed by atoms with Crippen LogP contribution in [0.4, 0.5) is 0 Å². The first kappa shape index (κ1) is 7.72. The SMILES string of the molecule is COc1cc2[nH][nH]c(=O)c2cc1O. The number of rotatable bonds is 1. The van der Waals surface area contributed by atoms with Crippen molar-refractivity contribution in [1.29, 1.82) is 0 Å². The first-order valence-electron chi connectivity index (χ1n) is 3.69. The molecule has 0 amide bonds. The van der Waals surface area contributed by atoms with Gasteiger partial charge in [0, 0.05) is 6.07 Å². The van der Waals surface area contributed by atoms with Crippen molar-refractivity contribution in [2.24, 2.45) is 0 Å². The number of nitrogens with one attached hydrogen (secondary N) is 2. The molecular formula is C8H8N2O3. The maximum atomic E-state index is 11.1. The van der Waals surface area contributed by atoms with Gasteiger partial charge in [-0.1, -0.05) is 0 Å². The molecule has 0 unspecified atom stereocenters. The molecule has 5 heteroatoms. The summed E-state index contributed by atoms with van der Waals surface area (Å²) in [5.74, 6) is 0.294. The molecule has 68 valence electrons. The third-order valence-electron chi connectivity index (χ3n) is 1.87. The van der Waals surface area contributed by atoms with Gasteiger partial charge >= 0.3 is 0 Å². The molecule has 0 radical (unpaired) electrons. The predicted octanol–water partition coefficient (Wildman–Crippen LogP) is 0.570. The minimum Gasteiger partial charge on any atom is -0.504 e. The van der Waals surface area contributed by atoms with E-state index < -0.39 is 0 Å². The number of methoxy groups -OCH3 is 1. The molecule has 0 aliphatic heterocycles. The van der Waals surface area contributed by atoms with E-state index in [1.807, 2.05) is 0 Å². The lowest BCUT2D eigenvalue weighted by molar-refractivity contribution is 0.374. The second-order valence-corrected chi connectivity index (χ2v) is 2.65. The molecule has 0 aliphatic carbocycles. The fourth-order valence-corrected chi connectivity index (χ4v) is 1.21. The molecule has 3 N–H and O–H groups in total. The first-order valence-corrected chi connectivity index (χ1v) is 3.69. The summed E-state index contributed by atoms with van der Waals surface area (Å²) >= 11 is 0. The monoisotopic (exact) mass is 180 g/mol. The molecular weight excluding hydrogens is 172 g/mol. The highest BCUT2D eigenvalue weighted by Gasteiger charge is 2.07. The van der Waals surface area contributed by atoms with E-state index in [2.05, 4.69) is 10.2 Å². The summed E-state index contributed by atoms with van der Waals surface area (Å²) in [4.78, 5) is 11.1. The number of ether oxygens (including phenoxy) is 1. The Bertz CT molecular complexity index is 498. The fourth-order valence-electron chi connectivity index (χ4n) is 1.21. The van der Waals surface area contributed by atoms with E-state index in [4.69, 9.17) is 4.74 Å². The highest BCUT2D eigenvalue weighted by atomic mass is 16.5. The van der Waals surface area contributed by atoms with Crippen LogP contribution in [0.2, 0.25) is 0 Å². The van der Waals surface area contributed by atoms with Crippen LogP contribution in [0, 0.1) is 0 Å². The minimum atomic E-state index is -0.257. The topological polar surface area (TPSA) is 78.1 Å². The van der Waals surface area contributed by atoms with E-state index in [1.54, 1.807) is 6.07 Å². The zero-order valence-corrected chi connectivity index (χ0v) is 6.92. The molecule has 0 atom stereocenters. The van der Waals surface area contributed by atoms with Crippen molar-refractivity contribution < 1.29 is 9.84 Å². The average molecular weight is 180 g/mol. The van der Waals surface area contributed by atoms with Gasteiger partial charge in [0.05, 0.1) is 18.0 Å². The Morgan fingerprint density at radius 3 is 2.85 bits per heavy atom. The van der Waals surface area contributed by atoms with Gasteiger partial charge in [-0.25, -0.2) is 0 Å². The van der Waals surface area contributed by atoms with Crippen LogP contribution >= 0.6 is 0 Å². The smallest absolute Gasteiger partial charge is 0.271 e. The normalized spacial score (nSPS) is 10.5. The van der Waals surface area contributed by atoms with Gasteiger partial charge in [0.25, 0.3) is 5.56 Å². The summed E-state index contributed by atoms with van der Waals surface area (Å²) in [6.07, 6.45) is 0. The highest BCUT2D eigenvalue weighted by molar-refractivity contribution is 5.81. The summed E-state index contributed by atoms with van der Waals surface area (Å²) in [5, 5.41) is 14.8. The lowest BCUT2D eigenvalue weighted by atomic mass is 10.2. The van der Waals surface area contributed by atoms with Crippen LogP contribution in [-0.2, 0) is 0 Å². The molecule has 1 aromatic carbocycles. The predicted molar refractivity (Wildman–Crippen MR) is 47.1 cm³/mol. The number of aromatic hydroxyl groups is 1. The molecule has 0 saturated carbocycles. The Hall–Kier alpha value is -1.91. The standard InChI is InChI=1S/C8H8N2O3/c1-13-7-3-5-4(2-6(7)11)8(12)10-9-5/h2-3,11H,1H3,(H2,9,10,12). The van der Waals surface area contributed by atoms with Crippen molar-refractivity contribution in [2.45, 2.75) is 0 Å². The van der Waals surface area contributed by atoms with Crippen LogP contribution < -0.4 is 10.3 Å². The third-order valence-corrected chi connectivity index (χ3v) is 1.87. The number of phenolic OH excluding ortho intramolecular Hbond substituents is 1. The van der Waals surface area contributed by atoms with Crippen molar-refractivity contribution in [3.05, 3.63) is 22.5 Å². The number of hydrogen-bond donors (Lipinski definition) is 3. The Kier molecular flexibility index (Phi) is 1.51. The van der Waals surface area contributed by atoms with Gasteiger partial charge < -0.3 is 9.84 Å². The van der Waals surface area contributed by atoms with Gasteiger partial charge in [-0.2, -0.15) is 0 Å². The highest BCUT2D eigenvalue weighted by Crippen LogP contribution is 2.28. The summed E-state index contributed by atoms with van der Waals surface area (Å²) < 4.78 is 4.88. The fraction of sp³-hybridized carbons (Fsp3) is 0.125. The van der Waals surface area contributed by atoms with Gasteiger partial charge in [0.15, 0.2) is 11.5 Å². The molecule has 0 aliphatic rings. The summed E-state index contributed by atoms with van der Waals surface area (Å²) in [6.45, 7) is 0. The van der Waals surface area contributed by atoms with Crippen LogP contribution in [0.25, 0.3) is 10.9 Å².